The van der Waals surface area contributed by atoms with Gasteiger partial charge in [-0.25, -0.2) is 4.98 Å². The third-order valence-corrected chi connectivity index (χ3v) is 2.77. The number of nitriles is 2. The maximum Gasteiger partial charge on any atom is 0.213 e. The first-order valence-corrected chi connectivity index (χ1v) is 4.69. The molecule has 0 radical (unpaired) electrons. The zero-order chi connectivity index (χ0) is 9.97. The van der Waals surface area contributed by atoms with Crippen molar-refractivity contribution in [3.63, 3.8) is 0 Å². The van der Waals surface area contributed by atoms with E-state index in [2.05, 4.69) is 11.1 Å². The molecule has 0 aromatic carbocycles. The summed E-state index contributed by atoms with van der Waals surface area (Å²) in [7, 11) is 0. The Kier molecular flexibility index (Phi) is 2.20. The molecule has 1 saturated carbocycles. The van der Waals surface area contributed by atoms with Crippen LogP contribution in [0.25, 0.3) is 0 Å². The van der Waals surface area contributed by atoms with E-state index < -0.39 is 0 Å². The molecule has 1 aliphatic rings. The quantitative estimate of drug-likeness (QED) is 0.669. The fourth-order valence-electron chi connectivity index (χ4n) is 2.09. The van der Waals surface area contributed by atoms with Crippen molar-refractivity contribution in [3.8, 4) is 12.1 Å². The maximum absolute atomic E-state index is 8.93. The van der Waals surface area contributed by atoms with E-state index in [1.807, 2.05) is 10.6 Å². The van der Waals surface area contributed by atoms with Crippen LogP contribution in [0.2, 0.25) is 0 Å². The summed E-state index contributed by atoms with van der Waals surface area (Å²) in [6, 6.07) is 4.49. The molecule has 14 heavy (non-hydrogen) atoms. The Morgan fingerprint density at radius 1 is 1.43 bits per heavy atom. The van der Waals surface area contributed by atoms with Crippen molar-refractivity contribution in [2.45, 2.75) is 25.3 Å². The molecule has 1 aliphatic carbocycles. The highest BCUT2D eigenvalue weighted by Gasteiger charge is 2.29. The summed E-state index contributed by atoms with van der Waals surface area (Å²) in [5.41, 5.74) is 0. The molecule has 0 bridgehead atoms. The molecule has 0 N–H and O–H groups in total. The molecule has 0 amide bonds. The van der Waals surface area contributed by atoms with Crippen molar-refractivity contribution < 1.29 is 0 Å². The minimum atomic E-state index is 0.0382. The van der Waals surface area contributed by atoms with Crippen LogP contribution in [-0.4, -0.2) is 9.55 Å². The number of hydrogen-bond donors (Lipinski definition) is 0. The van der Waals surface area contributed by atoms with Crippen LogP contribution in [-0.2, 0) is 0 Å². The minimum Gasteiger partial charge on any atom is -0.318 e. The number of rotatable bonds is 1. The van der Waals surface area contributed by atoms with Crippen LogP contribution in [0.4, 0.5) is 0 Å². The molecule has 0 saturated heterocycles. The molecule has 4 heteroatoms. The number of nitrogens with zero attached hydrogens (tertiary/aromatic N) is 4. The van der Waals surface area contributed by atoms with Gasteiger partial charge in [-0.1, -0.05) is 0 Å². The smallest absolute Gasteiger partial charge is 0.213 e. The second-order valence-electron chi connectivity index (χ2n) is 3.50. The molecule has 1 fully saturated rings. The lowest BCUT2D eigenvalue weighted by Crippen LogP contribution is -2.13. The van der Waals surface area contributed by atoms with Gasteiger partial charge in [0.15, 0.2) is 0 Å². The maximum atomic E-state index is 8.93. The summed E-state index contributed by atoms with van der Waals surface area (Å²) in [5.74, 6) is 0.452. The van der Waals surface area contributed by atoms with Crippen molar-refractivity contribution in [1.29, 1.82) is 10.5 Å². The predicted molar refractivity (Wildman–Crippen MR) is 48.9 cm³/mol. The van der Waals surface area contributed by atoms with Crippen LogP contribution in [0.15, 0.2) is 12.4 Å². The van der Waals surface area contributed by atoms with E-state index >= 15 is 0 Å². The fraction of sp³-hybridized carbons (Fsp3) is 0.500. The number of aromatic nitrogens is 2. The Balaban J connectivity index is 2.32. The van der Waals surface area contributed by atoms with Crippen LogP contribution < -0.4 is 0 Å². The first-order valence-electron chi connectivity index (χ1n) is 4.69. The Hall–Kier alpha value is -1.81. The first-order chi connectivity index (χ1) is 6.86. The van der Waals surface area contributed by atoms with Gasteiger partial charge in [-0.05, 0) is 19.3 Å². The summed E-state index contributed by atoms with van der Waals surface area (Å²) in [6.45, 7) is 0. The van der Waals surface area contributed by atoms with Gasteiger partial charge in [-0.15, -0.1) is 0 Å². The lowest BCUT2D eigenvalue weighted by Gasteiger charge is -2.15. The van der Waals surface area contributed by atoms with Crippen molar-refractivity contribution in [2.24, 2.45) is 5.92 Å². The number of imidazole rings is 1. The van der Waals surface area contributed by atoms with Crippen molar-refractivity contribution >= 4 is 0 Å². The van der Waals surface area contributed by atoms with E-state index in [-0.39, 0.29) is 12.0 Å². The van der Waals surface area contributed by atoms with Crippen LogP contribution in [0.5, 0.6) is 0 Å². The van der Waals surface area contributed by atoms with Gasteiger partial charge in [0.1, 0.15) is 6.07 Å². The van der Waals surface area contributed by atoms with Crippen LogP contribution >= 0.6 is 0 Å². The van der Waals surface area contributed by atoms with E-state index in [0.29, 0.717) is 5.82 Å². The van der Waals surface area contributed by atoms with Gasteiger partial charge in [-0.2, -0.15) is 10.5 Å². The molecule has 2 rings (SSSR count). The lowest BCUT2D eigenvalue weighted by atomic mass is 10.1. The van der Waals surface area contributed by atoms with E-state index in [1.54, 1.807) is 12.4 Å². The highest BCUT2D eigenvalue weighted by Crippen LogP contribution is 2.35. The van der Waals surface area contributed by atoms with Crippen molar-refractivity contribution in [1.82, 2.24) is 9.55 Å². The van der Waals surface area contributed by atoms with Crippen LogP contribution in [0.1, 0.15) is 31.1 Å². The van der Waals surface area contributed by atoms with Crippen LogP contribution in [0, 0.1) is 28.6 Å². The van der Waals surface area contributed by atoms with E-state index in [1.165, 1.54) is 0 Å². The van der Waals surface area contributed by atoms with E-state index in [4.69, 9.17) is 10.5 Å². The van der Waals surface area contributed by atoms with Gasteiger partial charge in [0.2, 0.25) is 5.82 Å². The minimum absolute atomic E-state index is 0.0382. The number of hydrogen-bond acceptors (Lipinski definition) is 3. The van der Waals surface area contributed by atoms with Gasteiger partial charge in [0.05, 0.1) is 18.0 Å². The largest absolute Gasteiger partial charge is 0.318 e. The Morgan fingerprint density at radius 3 is 3.00 bits per heavy atom. The molecule has 4 nitrogen and oxygen atoms in total. The van der Waals surface area contributed by atoms with E-state index in [9.17, 15) is 0 Å². The van der Waals surface area contributed by atoms with Crippen molar-refractivity contribution in [2.75, 3.05) is 0 Å². The summed E-state index contributed by atoms with van der Waals surface area (Å²) < 4.78 is 1.83. The molecule has 1 aromatic heterocycles. The zero-order valence-electron chi connectivity index (χ0n) is 7.72. The van der Waals surface area contributed by atoms with Crippen molar-refractivity contribution in [3.05, 3.63) is 18.2 Å². The molecule has 2 unspecified atom stereocenters. The second-order valence-corrected chi connectivity index (χ2v) is 3.50. The highest BCUT2D eigenvalue weighted by molar-refractivity contribution is 5.14. The summed E-state index contributed by atoms with van der Waals surface area (Å²) >= 11 is 0. The fourth-order valence-corrected chi connectivity index (χ4v) is 2.09. The summed E-state index contributed by atoms with van der Waals surface area (Å²) in [4.78, 5) is 3.94. The molecule has 1 heterocycles. The van der Waals surface area contributed by atoms with Gasteiger partial charge in [0, 0.05) is 12.4 Å². The molecule has 2 atom stereocenters. The third kappa shape index (κ3) is 1.25. The standard InChI is InChI=1S/C10H10N4/c11-6-8-2-1-3-9(8)14-5-4-13-10(14)7-12/h4-5,8-9H,1-3H2. The molecule has 0 aliphatic heterocycles. The third-order valence-electron chi connectivity index (χ3n) is 2.77. The summed E-state index contributed by atoms with van der Waals surface area (Å²) in [6.07, 6.45) is 6.38. The Morgan fingerprint density at radius 2 is 2.29 bits per heavy atom. The zero-order valence-corrected chi connectivity index (χ0v) is 7.72. The normalized spacial score (nSPS) is 25.6. The predicted octanol–water partition coefficient (Wildman–Crippen LogP) is 1.62. The van der Waals surface area contributed by atoms with Gasteiger partial charge >= 0.3 is 0 Å². The Bertz CT molecular complexity index is 406. The average molecular weight is 186 g/mol. The average Bonchev–Trinajstić information content (AvgIpc) is 2.85. The van der Waals surface area contributed by atoms with Gasteiger partial charge < -0.3 is 4.57 Å². The topological polar surface area (TPSA) is 65.4 Å². The van der Waals surface area contributed by atoms with Gasteiger partial charge in [0.25, 0.3) is 0 Å². The molecule has 0 spiro atoms. The van der Waals surface area contributed by atoms with E-state index in [0.717, 1.165) is 19.3 Å². The second kappa shape index (κ2) is 3.51. The van der Waals surface area contributed by atoms with Gasteiger partial charge in [-0.3, -0.25) is 0 Å². The Labute approximate surface area is 82.4 Å². The molecule has 1 aromatic rings. The monoisotopic (exact) mass is 186 g/mol. The molecular weight excluding hydrogens is 176 g/mol. The summed E-state index contributed by atoms with van der Waals surface area (Å²) in [5, 5.41) is 17.7. The lowest BCUT2D eigenvalue weighted by molar-refractivity contribution is 0.445. The first kappa shape index (κ1) is 8.77. The van der Waals surface area contributed by atoms with Crippen LogP contribution in [0.3, 0.4) is 0 Å². The SMILES string of the molecule is N#Cc1nccn1C1CCCC1C#N. The molecular formula is C10H10N4. The molecule has 70 valence electrons. The highest BCUT2D eigenvalue weighted by atomic mass is 15.1.